The van der Waals surface area contributed by atoms with Gasteiger partial charge in [0.2, 0.25) is 5.91 Å². The smallest absolute Gasteiger partial charge is 0.334 e. The van der Waals surface area contributed by atoms with Crippen molar-refractivity contribution in [1.82, 2.24) is 25.3 Å². The molecule has 3 heterocycles. The minimum absolute atomic E-state index is 0.0184. The largest absolute Gasteiger partial charge is 0.416 e. The van der Waals surface area contributed by atoms with Gasteiger partial charge in [-0.25, -0.2) is 4.79 Å². The molecule has 0 spiro atoms. The van der Waals surface area contributed by atoms with Crippen LogP contribution in [0.2, 0.25) is 0 Å². The van der Waals surface area contributed by atoms with Crippen LogP contribution < -0.4 is 5.32 Å². The van der Waals surface area contributed by atoms with Crippen LogP contribution in [0.1, 0.15) is 56.8 Å². The van der Waals surface area contributed by atoms with Crippen LogP contribution in [0.3, 0.4) is 0 Å². The van der Waals surface area contributed by atoms with Gasteiger partial charge in [0.15, 0.2) is 0 Å². The van der Waals surface area contributed by atoms with Crippen molar-refractivity contribution in [2.45, 2.75) is 57.3 Å². The van der Waals surface area contributed by atoms with E-state index < -0.39 is 23.3 Å². The van der Waals surface area contributed by atoms with E-state index in [2.05, 4.69) is 15.5 Å². The van der Waals surface area contributed by atoms with Gasteiger partial charge in [-0.3, -0.25) is 19.6 Å². The topological polar surface area (TPSA) is 98.4 Å². The van der Waals surface area contributed by atoms with Crippen LogP contribution in [0.5, 0.6) is 0 Å². The van der Waals surface area contributed by atoms with Gasteiger partial charge in [-0.05, 0) is 50.8 Å². The summed E-state index contributed by atoms with van der Waals surface area (Å²) in [5.74, 6) is -0.582. The molecular weight excluding hydrogens is 451 g/mol. The predicted molar refractivity (Wildman–Crippen MR) is 116 cm³/mol. The third kappa shape index (κ3) is 4.51. The lowest BCUT2D eigenvalue weighted by molar-refractivity contribution is -0.138. The van der Waals surface area contributed by atoms with Crippen molar-refractivity contribution in [3.05, 3.63) is 41.7 Å². The standard InChI is InChI=1S/C23H26F3N5O3/c1-22(2)20(33)31(21(34)28-22)12-10-18(32)30-11-4-3-5-17(30)19-16(13-27-29-19)14-6-8-15(9-7-14)23(24,25)26/h6-9,13,17H,3-5,10-12H2,1-2H3,(H,27,29)(H,28,34)/t17-/m1/s1. The Bertz CT molecular complexity index is 1090. The number of carbonyl (C=O) groups excluding carboxylic acids is 3. The second-order valence-electron chi connectivity index (χ2n) is 9.13. The zero-order chi connectivity index (χ0) is 24.7. The number of halogens is 3. The van der Waals surface area contributed by atoms with E-state index in [9.17, 15) is 27.6 Å². The first kappa shape index (κ1) is 23.8. The molecule has 4 rings (SSSR count). The van der Waals surface area contributed by atoms with Crippen molar-refractivity contribution < 1.29 is 27.6 Å². The highest BCUT2D eigenvalue weighted by Crippen LogP contribution is 2.37. The molecule has 2 N–H and O–H groups in total. The summed E-state index contributed by atoms with van der Waals surface area (Å²) in [6, 6.07) is 3.99. The molecule has 34 heavy (non-hydrogen) atoms. The normalized spacial score (nSPS) is 20.6. The van der Waals surface area contributed by atoms with E-state index in [1.165, 1.54) is 12.1 Å². The summed E-state index contributed by atoms with van der Waals surface area (Å²) in [4.78, 5) is 40.4. The summed E-state index contributed by atoms with van der Waals surface area (Å²) in [5.41, 5.74) is 0.120. The molecule has 1 atom stereocenters. The molecule has 8 nitrogen and oxygen atoms in total. The highest BCUT2D eigenvalue weighted by Gasteiger charge is 2.44. The Morgan fingerprint density at radius 1 is 1.18 bits per heavy atom. The maximum Gasteiger partial charge on any atom is 0.416 e. The summed E-state index contributed by atoms with van der Waals surface area (Å²) in [6.07, 6.45) is -0.547. The van der Waals surface area contributed by atoms with Crippen LogP contribution in [0.4, 0.5) is 18.0 Å². The fourth-order valence-electron chi connectivity index (χ4n) is 4.52. The van der Waals surface area contributed by atoms with Gasteiger partial charge in [0.05, 0.1) is 23.5 Å². The van der Waals surface area contributed by atoms with E-state index in [0.29, 0.717) is 29.8 Å². The lowest BCUT2D eigenvalue weighted by Crippen LogP contribution is -2.42. The molecule has 4 amide bonds. The van der Waals surface area contributed by atoms with Crippen molar-refractivity contribution in [3.8, 4) is 11.1 Å². The number of amides is 4. The van der Waals surface area contributed by atoms with Crippen molar-refractivity contribution in [1.29, 1.82) is 0 Å². The molecule has 0 saturated carbocycles. The molecule has 2 aliphatic heterocycles. The quantitative estimate of drug-likeness (QED) is 0.639. The van der Waals surface area contributed by atoms with Crippen LogP contribution in [-0.4, -0.2) is 56.5 Å². The van der Waals surface area contributed by atoms with Crippen LogP contribution in [0.15, 0.2) is 30.5 Å². The van der Waals surface area contributed by atoms with Crippen molar-refractivity contribution in [3.63, 3.8) is 0 Å². The van der Waals surface area contributed by atoms with E-state index >= 15 is 0 Å². The van der Waals surface area contributed by atoms with Crippen LogP contribution in [0, 0.1) is 0 Å². The Kier molecular flexibility index (Phi) is 6.13. The number of imide groups is 1. The first-order valence-electron chi connectivity index (χ1n) is 11.1. The van der Waals surface area contributed by atoms with Gasteiger partial charge in [-0.2, -0.15) is 18.3 Å². The Balaban J connectivity index is 1.51. The Labute approximate surface area is 194 Å². The number of piperidine rings is 1. The molecule has 182 valence electrons. The van der Waals surface area contributed by atoms with E-state index in [1.807, 2.05) is 0 Å². The lowest BCUT2D eigenvalue weighted by atomic mass is 9.94. The van der Waals surface area contributed by atoms with Gasteiger partial charge in [0.25, 0.3) is 5.91 Å². The molecule has 1 aromatic carbocycles. The third-order valence-corrected chi connectivity index (χ3v) is 6.34. The first-order valence-corrected chi connectivity index (χ1v) is 11.1. The predicted octanol–water partition coefficient (Wildman–Crippen LogP) is 3.87. The fourth-order valence-corrected chi connectivity index (χ4v) is 4.52. The molecule has 1 aromatic heterocycles. The molecule has 2 saturated heterocycles. The Morgan fingerprint density at radius 2 is 1.88 bits per heavy atom. The van der Waals surface area contributed by atoms with Gasteiger partial charge in [-0.1, -0.05) is 12.1 Å². The Morgan fingerprint density at radius 3 is 2.50 bits per heavy atom. The van der Waals surface area contributed by atoms with Gasteiger partial charge in [-0.15, -0.1) is 0 Å². The number of urea groups is 1. The molecule has 0 aliphatic carbocycles. The fraction of sp³-hybridized carbons (Fsp3) is 0.478. The number of aromatic nitrogens is 2. The third-order valence-electron chi connectivity index (χ3n) is 6.34. The second-order valence-corrected chi connectivity index (χ2v) is 9.13. The van der Waals surface area contributed by atoms with Crippen LogP contribution in [-0.2, 0) is 15.8 Å². The molecule has 2 fully saturated rings. The van der Waals surface area contributed by atoms with Crippen molar-refractivity contribution in [2.75, 3.05) is 13.1 Å². The lowest BCUT2D eigenvalue weighted by Gasteiger charge is -2.36. The summed E-state index contributed by atoms with van der Waals surface area (Å²) in [6.45, 7) is 3.69. The molecular formula is C23H26F3N5O3. The average molecular weight is 477 g/mol. The number of alkyl halides is 3. The molecule has 0 unspecified atom stereocenters. The minimum atomic E-state index is -4.42. The molecule has 0 bridgehead atoms. The van der Waals surface area contributed by atoms with Crippen molar-refractivity contribution >= 4 is 17.8 Å². The number of rotatable bonds is 5. The van der Waals surface area contributed by atoms with Crippen LogP contribution in [0.25, 0.3) is 11.1 Å². The van der Waals surface area contributed by atoms with Gasteiger partial charge >= 0.3 is 12.2 Å². The first-order chi connectivity index (χ1) is 16.0. The minimum Gasteiger partial charge on any atom is -0.334 e. The molecule has 0 radical (unpaired) electrons. The zero-order valence-corrected chi connectivity index (χ0v) is 18.9. The van der Waals surface area contributed by atoms with E-state index in [-0.39, 0.29) is 30.8 Å². The van der Waals surface area contributed by atoms with Crippen LogP contribution >= 0.6 is 0 Å². The van der Waals surface area contributed by atoms with Gasteiger partial charge < -0.3 is 10.2 Å². The molecule has 11 heteroatoms. The summed E-state index contributed by atoms with van der Waals surface area (Å²) < 4.78 is 38.8. The van der Waals surface area contributed by atoms with Gasteiger partial charge in [0, 0.05) is 25.1 Å². The number of nitrogens with zero attached hydrogens (tertiary/aromatic N) is 3. The maximum atomic E-state index is 13.1. The number of aromatic amines is 1. The zero-order valence-electron chi connectivity index (χ0n) is 18.9. The Hall–Kier alpha value is -3.37. The second kappa shape index (κ2) is 8.77. The van der Waals surface area contributed by atoms with E-state index in [4.69, 9.17) is 0 Å². The number of hydrogen-bond acceptors (Lipinski definition) is 4. The number of H-pyrrole nitrogens is 1. The number of benzene rings is 1. The molecule has 2 aromatic rings. The highest BCUT2D eigenvalue weighted by atomic mass is 19.4. The SMILES string of the molecule is CC1(C)NC(=O)N(CCC(=O)N2CCCC[C@@H]2c2[nH]ncc2-c2ccc(C(F)(F)F)cc2)C1=O. The summed E-state index contributed by atoms with van der Waals surface area (Å²) >= 11 is 0. The number of nitrogens with one attached hydrogen (secondary N) is 2. The van der Waals surface area contributed by atoms with Gasteiger partial charge in [0.1, 0.15) is 5.54 Å². The monoisotopic (exact) mass is 477 g/mol. The number of likely N-dealkylation sites (tertiary alicyclic amines) is 1. The van der Waals surface area contributed by atoms with E-state index in [0.717, 1.165) is 29.9 Å². The highest BCUT2D eigenvalue weighted by molar-refractivity contribution is 6.06. The number of carbonyl (C=O) groups is 3. The summed E-state index contributed by atoms with van der Waals surface area (Å²) in [5, 5.41) is 9.62. The van der Waals surface area contributed by atoms with E-state index in [1.54, 1.807) is 24.9 Å². The average Bonchev–Trinajstić information content (AvgIpc) is 3.34. The molecule has 2 aliphatic rings. The maximum absolute atomic E-state index is 13.1. The number of hydrogen-bond donors (Lipinski definition) is 2. The summed E-state index contributed by atoms with van der Waals surface area (Å²) in [7, 11) is 0. The van der Waals surface area contributed by atoms with Crippen molar-refractivity contribution in [2.24, 2.45) is 0 Å².